The highest BCUT2D eigenvalue weighted by atomic mass is 35.5. The quantitative estimate of drug-likeness (QED) is 0.648. The number of hydrogen-bond donors (Lipinski definition) is 2. The maximum absolute atomic E-state index is 6.18. The lowest BCUT2D eigenvalue weighted by atomic mass is 10.3. The van der Waals surface area contributed by atoms with Gasteiger partial charge >= 0.3 is 0 Å². The molecule has 0 radical (unpaired) electrons. The molecule has 0 amide bonds. The summed E-state index contributed by atoms with van der Waals surface area (Å²) in [5, 5.41) is 7.39. The average molecular weight is 345 g/mol. The molecule has 3 rings (SSSR count). The van der Waals surface area contributed by atoms with Crippen LogP contribution in [-0.2, 0) is 0 Å². The topological polar surface area (TPSA) is 49.8 Å². The summed E-state index contributed by atoms with van der Waals surface area (Å²) in [5.74, 6) is 1.12. The van der Waals surface area contributed by atoms with Crippen LogP contribution in [0.15, 0.2) is 54.6 Å². The van der Waals surface area contributed by atoms with Gasteiger partial charge in [0.15, 0.2) is 0 Å². The first-order valence-electron chi connectivity index (χ1n) is 7.00. The van der Waals surface area contributed by atoms with Crippen LogP contribution in [0.1, 0.15) is 5.69 Å². The maximum atomic E-state index is 6.18. The molecule has 0 atom stereocenters. The van der Waals surface area contributed by atoms with Crippen molar-refractivity contribution in [2.45, 2.75) is 6.92 Å². The summed E-state index contributed by atoms with van der Waals surface area (Å²) in [4.78, 5) is 8.84. The second kappa shape index (κ2) is 6.86. The zero-order valence-corrected chi connectivity index (χ0v) is 13.9. The van der Waals surface area contributed by atoms with E-state index in [0.717, 1.165) is 11.4 Å². The molecule has 2 N–H and O–H groups in total. The number of aromatic nitrogens is 2. The van der Waals surface area contributed by atoms with Gasteiger partial charge in [0.1, 0.15) is 5.82 Å². The lowest BCUT2D eigenvalue weighted by Gasteiger charge is -2.12. The molecule has 4 nitrogen and oxygen atoms in total. The number of nitrogens with one attached hydrogen (secondary N) is 2. The average Bonchev–Trinajstić information content (AvgIpc) is 2.51. The molecule has 23 heavy (non-hydrogen) atoms. The number of rotatable bonds is 4. The Kier molecular flexibility index (Phi) is 4.65. The van der Waals surface area contributed by atoms with Crippen LogP contribution in [0.25, 0.3) is 0 Å². The Morgan fingerprint density at radius 3 is 2.22 bits per heavy atom. The molecule has 0 aliphatic heterocycles. The van der Waals surface area contributed by atoms with Crippen molar-refractivity contribution in [3.63, 3.8) is 0 Å². The van der Waals surface area contributed by atoms with Gasteiger partial charge in [-0.15, -0.1) is 0 Å². The molecule has 0 spiro atoms. The normalized spacial score (nSPS) is 10.4. The minimum Gasteiger partial charge on any atom is -0.338 e. The smallest absolute Gasteiger partial charge is 0.229 e. The van der Waals surface area contributed by atoms with Crippen molar-refractivity contribution in [1.29, 1.82) is 0 Å². The first-order valence-corrected chi connectivity index (χ1v) is 7.76. The molecule has 0 unspecified atom stereocenters. The lowest BCUT2D eigenvalue weighted by Crippen LogP contribution is -2.02. The molecule has 6 heteroatoms. The van der Waals surface area contributed by atoms with Crippen molar-refractivity contribution >= 4 is 46.3 Å². The summed E-state index contributed by atoms with van der Waals surface area (Å²) in [7, 11) is 0. The predicted octanol–water partition coefficient (Wildman–Crippen LogP) is 5.58. The predicted molar refractivity (Wildman–Crippen MR) is 96.2 cm³/mol. The third-order valence-electron chi connectivity index (χ3n) is 3.10. The van der Waals surface area contributed by atoms with Crippen LogP contribution >= 0.6 is 23.2 Å². The molecule has 0 fully saturated rings. The van der Waals surface area contributed by atoms with Crippen LogP contribution < -0.4 is 10.6 Å². The number of hydrogen-bond acceptors (Lipinski definition) is 4. The van der Waals surface area contributed by atoms with Crippen LogP contribution in [0.4, 0.5) is 23.1 Å². The van der Waals surface area contributed by atoms with Crippen molar-refractivity contribution in [2.24, 2.45) is 0 Å². The van der Waals surface area contributed by atoms with Crippen molar-refractivity contribution in [1.82, 2.24) is 9.97 Å². The number of anilines is 4. The third kappa shape index (κ3) is 3.92. The maximum Gasteiger partial charge on any atom is 0.229 e. The van der Waals surface area contributed by atoms with Crippen LogP contribution in [-0.4, -0.2) is 9.97 Å². The zero-order chi connectivity index (χ0) is 16.2. The fraction of sp³-hybridized carbons (Fsp3) is 0.0588. The van der Waals surface area contributed by atoms with E-state index in [4.69, 9.17) is 23.2 Å². The van der Waals surface area contributed by atoms with Crippen LogP contribution in [0, 0.1) is 6.92 Å². The second-order valence-corrected chi connectivity index (χ2v) is 5.75. The molecular formula is C17H14Cl2N4. The fourth-order valence-corrected chi connectivity index (χ4v) is 2.58. The summed E-state index contributed by atoms with van der Waals surface area (Å²) in [6.07, 6.45) is 0. The molecule has 3 aromatic rings. The highest BCUT2D eigenvalue weighted by molar-refractivity contribution is 6.39. The molecule has 0 saturated carbocycles. The van der Waals surface area contributed by atoms with Crippen molar-refractivity contribution in [3.8, 4) is 0 Å². The van der Waals surface area contributed by atoms with E-state index in [2.05, 4.69) is 20.6 Å². The fourth-order valence-electron chi connectivity index (χ4n) is 2.08. The first-order chi connectivity index (χ1) is 11.1. The summed E-state index contributed by atoms with van der Waals surface area (Å²) >= 11 is 12.4. The van der Waals surface area contributed by atoms with Crippen molar-refractivity contribution in [3.05, 3.63) is 70.3 Å². The minimum absolute atomic E-state index is 0.502. The Hall–Kier alpha value is -2.30. The Morgan fingerprint density at radius 2 is 1.52 bits per heavy atom. The standard InChI is InChI=1S/C17H14Cl2N4/c1-11-10-15(22-16-13(18)8-5-9-14(16)19)23-17(20-11)21-12-6-3-2-4-7-12/h2-10H,1H3,(H2,20,21,22,23). The molecule has 1 aromatic heterocycles. The summed E-state index contributed by atoms with van der Waals surface area (Å²) < 4.78 is 0. The number of aryl methyl sites for hydroxylation is 1. The van der Waals surface area contributed by atoms with Gasteiger partial charge < -0.3 is 10.6 Å². The Balaban J connectivity index is 1.89. The van der Waals surface area contributed by atoms with E-state index in [1.54, 1.807) is 18.2 Å². The minimum atomic E-state index is 0.502. The van der Waals surface area contributed by atoms with Gasteiger partial charge in [-0.05, 0) is 31.2 Å². The Morgan fingerprint density at radius 1 is 0.826 bits per heavy atom. The van der Waals surface area contributed by atoms with Crippen LogP contribution in [0.5, 0.6) is 0 Å². The molecule has 0 saturated heterocycles. The second-order valence-electron chi connectivity index (χ2n) is 4.93. The molecule has 0 aliphatic rings. The molecule has 1 heterocycles. The number of para-hydroxylation sites is 2. The molecular weight excluding hydrogens is 331 g/mol. The van der Waals surface area contributed by atoms with Gasteiger partial charge in [0.2, 0.25) is 5.95 Å². The molecule has 0 aliphatic carbocycles. The van der Waals surface area contributed by atoms with Crippen molar-refractivity contribution < 1.29 is 0 Å². The monoisotopic (exact) mass is 344 g/mol. The summed E-state index contributed by atoms with van der Waals surface area (Å²) in [6, 6.07) is 16.9. The summed E-state index contributed by atoms with van der Waals surface area (Å²) in [6.45, 7) is 1.90. The van der Waals surface area contributed by atoms with Gasteiger partial charge in [0, 0.05) is 17.4 Å². The van der Waals surface area contributed by atoms with E-state index in [-0.39, 0.29) is 0 Å². The van der Waals surface area contributed by atoms with Crippen molar-refractivity contribution in [2.75, 3.05) is 10.6 Å². The van der Waals surface area contributed by atoms with Gasteiger partial charge in [0.25, 0.3) is 0 Å². The summed E-state index contributed by atoms with van der Waals surface area (Å²) in [5.41, 5.74) is 2.36. The highest BCUT2D eigenvalue weighted by Gasteiger charge is 2.08. The van der Waals surface area contributed by atoms with E-state index >= 15 is 0 Å². The third-order valence-corrected chi connectivity index (χ3v) is 3.73. The van der Waals surface area contributed by atoms with Gasteiger partial charge in [-0.25, -0.2) is 4.98 Å². The van der Waals surface area contributed by atoms with Crippen LogP contribution in [0.3, 0.4) is 0 Å². The highest BCUT2D eigenvalue weighted by Crippen LogP contribution is 2.32. The number of halogens is 2. The van der Waals surface area contributed by atoms with E-state index in [1.165, 1.54) is 0 Å². The SMILES string of the molecule is Cc1cc(Nc2c(Cl)cccc2Cl)nc(Nc2ccccc2)n1. The number of benzene rings is 2. The Labute approximate surface area is 144 Å². The largest absolute Gasteiger partial charge is 0.338 e. The first kappa shape index (κ1) is 15.6. The van der Waals surface area contributed by atoms with E-state index in [0.29, 0.717) is 27.5 Å². The van der Waals surface area contributed by atoms with Gasteiger partial charge in [0.05, 0.1) is 15.7 Å². The molecule has 116 valence electrons. The van der Waals surface area contributed by atoms with Gasteiger partial charge in [-0.2, -0.15) is 4.98 Å². The molecule has 2 aromatic carbocycles. The van der Waals surface area contributed by atoms with E-state index in [1.807, 2.05) is 43.3 Å². The lowest BCUT2D eigenvalue weighted by molar-refractivity contribution is 1.11. The van der Waals surface area contributed by atoms with Gasteiger partial charge in [-0.3, -0.25) is 0 Å². The van der Waals surface area contributed by atoms with Gasteiger partial charge in [-0.1, -0.05) is 47.5 Å². The van der Waals surface area contributed by atoms with E-state index in [9.17, 15) is 0 Å². The zero-order valence-electron chi connectivity index (χ0n) is 12.3. The van der Waals surface area contributed by atoms with E-state index < -0.39 is 0 Å². The van der Waals surface area contributed by atoms with Crippen LogP contribution in [0.2, 0.25) is 10.0 Å². The number of nitrogens with zero attached hydrogens (tertiary/aromatic N) is 2. The molecule has 0 bridgehead atoms. The Bertz CT molecular complexity index is 802.